The van der Waals surface area contributed by atoms with E-state index in [2.05, 4.69) is 10.6 Å². The van der Waals surface area contributed by atoms with E-state index < -0.39 is 35.6 Å². The van der Waals surface area contributed by atoms with Crippen LogP contribution >= 0.6 is 0 Å². The number of aryl methyl sites for hydroxylation is 2. The van der Waals surface area contributed by atoms with Gasteiger partial charge in [-0.3, -0.25) is 19.2 Å². The minimum absolute atomic E-state index is 0.244. The number of nitrogens with one attached hydrogen (secondary N) is 2. The molecule has 2 aromatic rings. The van der Waals surface area contributed by atoms with Gasteiger partial charge < -0.3 is 20.8 Å². The highest BCUT2D eigenvalue weighted by Crippen LogP contribution is 2.34. The zero-order chi connectivity index (χ0) is 27.4. The minimum Gasteiger partial charge on any atom is -0.481 e. The molecule has 2 fully saturated rings. The van der Waals surface area contributed by atoms with Crippen LogP contribution in [0.15, 0.2) is 36.4 Å². The SMILES string of the molecule is Cc1cc(-c2ccc(NC(=O)[C@@H]3CCCC[C@H]3C(=O)O)c(C)c2)ccc1NC(=O)[C@@H]1CCCC[C@@H]1C(=O)O. The summed E-state index contributed by atoms with van der Waals surface area (Å²) in [6, 6.07) is 11.4. The van der Waals surface area contributed by atoms with E-state index in [0.717, 1.165) is 47.9 Å². The average Bonchev–Trinajstić information content (AvgIpc) is 2.90. The molecule has 8 nitrogen and oxygen atoms in total. The second-order valence-electron chi connectivity index (χ2n) is 10.7. The highest BCUT2D eigenvalue weighted by Gasteiger charge is 2.37. The summed E-state index contributed by atoms with van der Waals surface area (Å²) in [5.41, 5.74) is 4.95. The van der Waals surface area contributed by atoms with Crippen LogP contribution in [0.5, 0.6) is 0 Å². The molecule has 4 atom stereocenters. The molecule has 8 heteroatoms. The van der Waals surface area contributed by atoms with Crippen molar-refractivity contribution >= 4 is 35.1 Å². The Labute approximate surface area is 222 Å². The van der Waals surface area contributed by atoms with E-state index in [0.29, 0.717) is 37.1 Å². The van der Waals surface area contributed by atoms with Gasteiger partial charge in [-0.2, -0.15) is 0 Å². The number of amides is 2. The lowest BCUT2D eigenvalue weighted by Gasteiger charge is -2.27. The number of aliphatic carboxylic acids is 2. The quantitative estimate of drug-likeness (QED) is 0.374. The summed E-state index contributed by atoms with van der Waals surface area (Å²) in [6.45, 7) is 3.80. The van der Waals surface area contributed by atoms with Gasteiger partial charge in [0.2, 0.25) is 11.8 Å². The molecular weight excluding hydrogens is 484 g/mol. The number of anilines is 2. The lowest BCUT2D eigenvalue weighted by atomic mass is 9.78. The van der Waals surface area contributed by atoms with E-state index in [1.807, 2.05) is 50.2 Å². The van der Waals surface area contributed by atoms with Crippen LogP contribution < -0.4 is 10.6 Å². The second kappa shape index (κ2) is 11.8. The van der Waals surface area contributed by atoms with Gasteiger partial charge in [0, 0.05) is 11.4 Å². The first-order valence-electron chi connectivity index (χ1n) is 13.4. The first-order chi connectivity index (χ1) is 18.2. The predicted octanol–water partition coefficient (Wildman–Crippen LogP) is 5.63. The maximum Gasteiger partial charge on any atom is 0.307 e. The van der Waals surface area contributed by atoms with Crippen LogP contribution in [0.2, 0.25) is 0 Å². The van der Waals surface area contributed by atoms with Crippen molar-refractivity contribution in [2.75, 3.05) is 10.6 Å². The van der Waals surface area contributed by atoms with Crippen molar-refractivity contribution in [3.05, 3.63) is 47.5 Å². The smallest absolute Gasteiger partial charge is 0.307 e. The van der Waals surface area contributed by atoms with Crippen molar-refractivity contribution in [2.45, 2.75) is 65.2 Å². The van der Waals surface area contributed by atoms with Crippen molar-refractivity contribution in [3.8, 4) is 11.1 Å². The maximum absolute atomic E-state index is 12.9. The Bertz CT molecular complexity index is 1140. The molecule has 0 heterocycles. The molecule has 2 amide bonds. The third-order valence-corrected chi connectivity index (χ3v) is 8.14. The van der Waals surface area contributed by atoms with Gasteiger partial charge in [-0.15, -0.1) is 0 Å². The number of carbonyl (C=O) groups excluding carboxylic acids is 2. The normalized spacial score (nSPS) is 23.3. The monoisotopic (exact) mass is 520 g/mol. The Morgan fingerprint density at radius 3 is 1.26 bits per heavy atom. The highest BCUT2D eigenvalue weighted by molar-refractivity contribution is 5.97. The molecule has 0 bridgehead atoms. The molecular formula is C30H36N2O6. The Balaban J connectivity index is 1.45. The van der Waals surface area contributed by atoms with Gasteiger partial charge in [0.05, 0.1) is 23.7 Å². The summed E-state index contributed by atoms with van der Waals surface area (Å²) in [5, 5.41) is 24.9. The van der Waals surface area contributed by atoms with Crippen molar-refractivity contribution < 1.29 is 29.4 Å². The zero-order valence-corrected chi connectivity index (χ0v) is 22.0. The Hall–Kier alpha value is -3.68. The number of hydrogen-bond acceptors (Lipinski definition) is 4. The standard InChI is InChI=1S/C30H36N2O6/c1-17-15-19(11-13-25(17)31-27(33)21-7-3-5-9-23(21)29(35)36)20-12-14-26(18(2)16-20)32-28(34)22-8-4-6-10-24(22)30(37)38/h11-16,21-24H,3-10H2,1-2H3,(H,31,33)(H,32,34)(H,35,36)(H,37,38)/t21-,22-,23-,24+/m1/s1. The first-order valence-corrected chi connectivity index (χ1v) is 13.4. The van der Waals surface area contributed by atoms with E-state index >= 15 is 0 Å². The fourth-order valence-corrected chi connectivity index (χ4v) is 5.90. The van der Waals surface area contributed by atoms with E-state index in [-0.39, 0.29) is 11.8 Å². The number of benzene rings is 2. The maximum atomic E-state index is 12.9. The van der Waals surface area contributed by atoms with E-state index in [1.165, 1.54) is 0 Å². The van der Waals surface area contributed by atoms with Gasteiger partial charge in [-0.1, -0.05) is 37.8 Å². The van der Waals surface area contributed by atoms with E-state index in [4.69, 9.17) is 0 Å². The third-order valence-electron chi connectivity index (χ3n) is 8.14. The summed E-state index contributed by atoms with van der Waals surface area (Å²) >= 11 is 0. The highest BCUT2D eigenvalue weighted by atomic mass is 16.4. The van der Waals surface area contributed by atoms with Crippen LogP contribution in [0.25, 0.3) is 11.1 Å². The van der Waals surface area contributed by atoms with Crippen LogP contribution in [-0.2, 0) is 19.2 Å². The van der Waals surface area contributed by atoms with Crippen molar-refractivity contribution in [3.63, 3.8) is 0 Å². The summed E-state index contributed by atoms with van der Waals surface area (Å²) in [6.07, 6.45) is 5.61. The Morgan fingerprint density at radius 1 is 0.605 bits per heavy atom. The molecule has 0 spiro atoms. The molecule has 0 aliphatic heterocycles. The average molecular weight is 521 g/mol. The molecule has 2 saturated carbocycles. The van der Waals surface area contributed by atoms with Crippen LogP contribution in [-0.4, -0.2) is 34.0 Å². The number of hydrogen-bond donors (Lipinski definition) is 4. The summed E-state index contributed by atoms with van der Waals surface area (Å²) in [5.74, 6) is -4.63. The lowest BCUT2D eigenvalue weighted by molar-refractivity contribution is -0.148. The number of carboxylic acids is 2. The van der Waals surface area contributed by atoms with Gasteiger partial charge in [-0.05, 0) is 86.1 Å². The minimum atomic E-state index is -0.910. The summed E-state index contributed by atoms with van der Waals surface area (Å²) in [4.78, 5) is 49.0. The molecule has 202 valence electrons. The first kappa shape index (κ1) is 27.4. The van der Waals surface area contributed by atoms with Crippen molar-refractivity contribution in [1.82, 2.24) is 0 Å². The second-order valence-corrected chi connectivity index (χ2v) is 10.7. The van der Waals surface area contributed by atoms with E-state index in [9.17, 15) is 29.4 Å². The van der Waals surface area contributed by atoms with Gasteiger partial charge in [0.15, 0.2) is 0 Å². The lowest BCUT2D eigenvalue weighted by Crippen LogP contribution is -2.36. The molecule has 0 radical (unpaired) electrons. The predicted molar refractivity (Wildman–Crippen MR) is 145 cm³/mol. The van der Waals surface area contributed by atoms with Gasteiger partial charge in [0.25, 0.3) is 0 Å². The van der Waals surface area contributed by atoms with Crippen molar-refractivity contribution in [2.24, 2.45) is 23.7 Å². The molecule has 38 heavy (non-hydrogen) atoms. The third kappa shape index (κ3) is 6.06. The van der Waals surface area contributed by atoms with Crippen molar-refractivity contribution in [1.29, 1.82) is 0 Å². The molecule has 0 aromatic heterocycles. The fourth-order valence-electron chi connectivity index (χ4n) is 5.90. The Kier molecular flexibility index (Phi) is 8.49. The number of carboxylic acid groups (broad SMARTS) is 2. The summed E-state index contributed by atoms with van der Waals surface area (Å²) in [7, 11) is 0. The molecule has 2 aliphatic carbocycles. The largest absolute Gasteiger partial charge is 0.481 e. The topological polar surface area (TPSA) is 133 Å². The summed E-state index contributed by atoms with van der Waals surface area (Å²) < 4.78 is 0. The molecule has 4 rings (SSSR count). The van der Waals surface area contributed by atoms with Crippen LogP contribution in [0.4, 0.5) is 11.4 Å². The van der Waals surface area contributed by atoms with E-state index in [1.54, 1.807) is 0 Å². The number of carbonyl (C=O) groups is 4. The van der Waals surface area contributed by atoms with Crippen LogP contribution in [0, 0.1) is 37.5 Å². The zero-order valence-electron chi connectivity index (χ0n) is 22.0. The van der Waals surface area contributed by atoms with Crippen LogP contribution in [0.1, 0.15) is 62.5 Å². The van der Waals surface area contributed by atoms with Crippen LogP contribution in [0.3, 0.4) is 0 Å². The van der Waals surface area contributed by atoms with Gasteiger partial charge in [0.1, 0.15) is 0 Å². The molecule has 4 N–H and O–H groups in total. The number of rotatable bonds is 7. The molecule has 0 unspecified atom stereocenters. The Morgan fingerprint density at radius 2 is 0.947 bits per heavy atom. The fraction of sp³-hybridized carbons (Fsp3) is 0.467. The molecule has 2 aromatic carbocycles. The van der Waals surface area contributed by atoms with Gasteiger partial charge in [-0.25, -0.2) is 0 Å². The van der Waals surface area contributed by atoms with Gasteiger partial charge >= 0.3 is 11.9 Å². The molecule has 2 aliphatic rings. The molecule has 0 saturated heterocycles.